The Hall–Kier alpha value is -2.34. The predicted octanol–water partition coefficient (Wildman–Crippen LogP) is 2.85. The van der Waals surface area contributed by atoms with E-state index in [1.165, 1.54) is 12.8 Å². The highest BCUT2D eigenvalue weighted by Crippen LogP contribution is 2.24. The van der Waals surface area contributed by atoms with Crippen molar-refractivity contribution in [3.8, 4) is 17.1 Å². The van der Waals surface area contributed by atoms with Gasteiger partial charge in [0.1, 0.15) is 11.6 Å². The van der Waals surface area contributed by atoms with E-state index >= 15 is 0 Å². The van der Waals surface area contributed by atoms with Gasteiger partial charge in [-0.2, -0.15) is 0 Å². The van der Waals surface area contributed by atoms with Crippen LogP contribution >= 0.6 is 0 Å². The first-order valence-corrected chi connectivity index (χ1v) is 9.95. The smallest absolute Gasteiger partial charge is 0.236 e. The second kappa shape index (κ2) is 8.13. The van der Waals surface area contributed by atoms with Gasteiger partial charge in [0.15, 0.2) is 0 Å². The first kappa shape index (κ1) is 18.0. The zero-order chi connectivity index (χ0) is 18.6. The van der Waals surface area contributed by atoms with Gasteiger partial charge in [0.05, 0.1) is 25.0 Å². The summed E-state index contributed by atoms with van der Waals surface area (Å²) in [5.41, 5.74) is 3.31. The second-order valence-electron chi connectivity index (χ2n) is 7.49. The molecule has 2 aliphatic heterocycles. The Kier molecular flexibility index (Phi) is 5.43. The van der Waals surface area contributed by atoms with Crippen LogP contribution in [0.15, 0.2) is 24.3 Å². The van der Waals surface area contributed by atoms with Gasteiger partial charge >= 0.3 is 0 Å². The van der Waals surface area contributed by atoms with Crippen molar-refractivity contribution in [2.75, 3.05) is 33.3 Å². The monoisotopic (exact) mass is 368 g/mol. The fraction of sp³-hybridized carbons (Fsp3) is 0.524. The molecule has 2 aromatic rings. The minimum Gasteiger partial charge on any atom is -0.497 e. The van der Waals surface area contributed by atoms with Gasteiger partial charge in [0.25, 0.3) is 0 Å². The number of likely N-dealkylation sites (tertiary alicyclic amines) is 1. The number of hydrogen-bond acceptors (Lipinski definition) is 4. The molecule has 6 nitrogen and oxygen atoms in total. The van der Waals surface area contributed by atoms with Crippen molar-refractivity contribution in [2.24, 2.45) is 0 Å². The molecule has 0 unspecified atom stereocenters. The van der Waals surface area contributed by atoms with Crippen LogP contribution in [0, 0.1) is 0 Å². The van der Waals surface area contributed by atoms with Crippen molar-refractivity contribution < 1.29 is 9.53 Å². The third-order valence-corrected chi connectivity index (χ3v) is 5.59. The van der Waals surface area contributed by atoms with Gasteiger partial charge in [0.2, 0.25) is 5.91 Å². The summed E-state index contributed by atoms with van der Waals surface area (Å²) in [4.78, 5) is 25.2. The van der Waals surface area contributed by atoms with Gasteiger partial charge < -0.3 is 14.6 Å². The molecule has 1 aromatic carbocycles. The van der Waals surface area contributed by atoms with Gasteiger partial charge in [-0.15, -0.1) is 0 Å². The molecule has 4 rings (SSSR count). The molecule has 1 N–H and O–H groups in total. The number of benzene rings is 1. The number of amides is 1. The summed E-state index contributed by atoms with van der Waals surface area (Å²) in [5.74, 6) is 2.01. The highest BCUT2D eigenvalue weighted by Gasteiger charge is 2.24. The lowest BCUT2D eigenvalue weighted by molar-refractivity contribution is -0.132. The fourth-order valence-corrected chi connectivity index (χ4v) is 3.98. The number of H-pyrrole nitrogens is 1. The molecule has 0 aliphatic carbocycles. The molecule has 1 amide bonds. The molecule has 6 heteroatoms. The Morgan fingerprint density at radius 1 is 1.11 bits per heavy atom. The number of hydrogen-bond donors (Lipinski definition) is 1. The summed E-state index contributed by atoms with van der Waals surface area (Å²) in [6.45, 7) is 4.00. The van der Waals surface area contributed by atoms with E-state index in [9.17, 15) is 4.79 Å². The van der Waals surface area contributed by atoms with Crippen LogP contribution in [-0.4, -0.2) is 59.0 Å². The Bertz CT molecular complexity index is 776. The average molecular weight is 368 g/mol. The van der Waals surface area contributed by atoms with Crippen LogP contribution in [0.3, 0.4) is 0 Å². The van der Waals surface area contributed by atoms with Crippen LogP contribution in [0.1, 0.15) is 37.1 Å². The summed E-state index contributed by atoms with van der Waals surface area (Å²) < 4.78 is 5.22. The SMILES string of the molecule is COc1ccc(-c2nc3c([nH]2)CN(CC(=O)N2CCCCCC2)CC3)cc1. The van der Waals surface area contributed by atoms with Crippen LogP contribution in [0.25, 0.3) is 11.4 Å². The first-order valence-electron chi connectivity index (χ1n) is 9.95. The molecule has 3 heterocycles. The summed E-state index contributed by atoms with van der Waals surface area (Å²) in [7, 11) is 1.67. The number of nitrogens with zero attached hydrogens (tertiary/aromatic N) is 3. The number of fused-ring (bicyclic) bond motifs is 1. The molecule has 1 fully saturated rings. The highest BCUT2D eigenvalue weighted by molar-refractivity contribution is 5.78. The largest absolute Gasteiger partial charge is 0.497 e. The number of ether oxygens (including phenoxy) is 1. The van der Waals surface area contributed by atoms with E-state index in [1.54, 1.807) is 7.11 Å². The highest BCUT2D eigenvalue weighted by atomic mass is 16.5. The van der Waals surface area contributed by atoms with Crippen LogP contribution < -0.4 is 4.74 Å². The second-order valence-corrected chi connectivity index (χ2v) is 7.49. The Labute approximate surface area is 160 Å². The number of aromatic amines is 1. The summed E-state index contributed by atoms with van der Waals surface area (Å²) in [6.07, 6.45) is 5.66. The maximum Gasteiger partial charge on any atom is 0.236 e. The summed E-state index contributed by atoms with van der Waals surface area (Å²) >= 11 is 0. The van der Waals surface area contributed by atoms with E-state index in [4.69, 9.17) is 9.72 Å². The Balaban J connectivity index is 1.40. The van der Waals surface area contributed by atoms with Crippen molar-refractivity contribution in [1.29, 1.82) is 0 Å². The average Bonchev–Trinajstić information content (AvgIpc) is 2.92. The maximum absolute atomic E-state index is 12.7. The van der Waals surface area contributed by atoms with Gasteiger partial charge in [-0.25, -0.2) is 4.98 Å². The van der Waals surface area contributed by atoms with Crippen LogP contribution in [0.4, 0.5) is 0 Å². The fourth-order valence-electron chi connectivity index (χ4n) is 3.98. The zero-order valence-electron chi connectivity index (χ0n) is 16.0. The van der Waals surface area contributed by atoms with E-state index in [0.29, 0.717) is 6.54 Å². The zero-order valence-corrected chi connectivity index (χ0v) is 16.0. The standard InChI is InChI=1S/C21H28N4O2/c1-27-17-8-6-16(7-9-17)21-22-18-10-13-24(14-19(18)23-21)15-20(26)25-11-4-2-3-5-12-25/h6-9H,2-5,10-15H2,1H3,(H,22,23). The normalized spacial score (nSPS) is 18.0. The quantitative estimate of drug-likeness (QED) is 0.901. The van der Waals surface area contributed by atoms with Gasteiger partial charge in [-0.3, -0.25) is 9.69 Å². The first-order chi connectivity index (χ1) is 13.2. The maximum atomic E-state index is 12.7. The molecular weight excluding hydrogens is 340 g/mol. The van der Waals surface area contributed by atoms with Gasteiger partial charge in [0, 0.05) is 38.2 Å². The lowest BCUT2D eigenvalue weighted by Crippen LogP contribution is -2.42. The minimum atomic E-state index is 0.273. The Morgan fingerprint density at radius 2 is 1.85 bits per heavy atom. The predicted molar refractivity (Wildman–Crippen MR) is 105 cm³/mol. The molecular formula is C21H28N4O2. The summed E-state index contributed by atoms with van der Waals surface area (Å²) in [6, 6.07) is 7.93. The van der Waals surface area contributed by atoms with Crippen LogP contribution in [0.2, 0.25) is 0 Å². The van der Waals surface area contributed by atoms with Crippen molar-refractivity contribution in [2.45, 2.75) is 38.6 Å². The van der Waals surface area contributed by atoms with Crippen LogP contribution in [0.5, 0.6) is 5.75 Å². The third kappa shape index (κ3) is 4.16. The van der Waals surface area contributed by atoms with E-state index in [1.807, 2.05) is 24.3 Å². The molecule has 0 atom stereocenters. The number of carbonyl (C=O) groups excluding carboxylic acids is 1. The summed E-state index contributed by atoms with van der Waals surface area (Å²) in [5, 5.41) is 0. The van der Waals surface area contributed by atoms with Crippen molar-refractivity contribution in [3.05, 3.63) is 35.7 Å². The number of methoxy groups -OCH3 is 1. The molecule has 2 aliphatic rings. The molecule has 0 bridgehead atoms. The van der Waals surface area contributed by atoms with Crippen molar-refractivity contribution in [3.63, 3.8) is 0 Å². The molecule has 27 heavy (non-hydrogen) atoms. The van der Waals surface area contributed by atoms with Gasteiger partial charge in [-0.05, 0) is 37.1 Å². The molecule has 144 valence electrons. The topological polar surface area (TPSA) is 61.5 Å². The van der Waals surface area contributed by atoms with E-state index in [-0.39, 0.29) is 5.91 Å². The molecule has 0 saturated carbocycles. The molecule has 0 spiro atoms. The minimum absolute atomic E-state index is 0.273. The van der Waals surface area contributed by atoms with Gasteiger partial charge in [-0.1, -0.05) is 12.8 Å². The third-order valence-electron chi connectivity index (χ3n) is 5.59. The number of carbonyl (C=O) groups is 1. The number of imidazole rings is 1. The van der Waals surface area contributed by atoms with Crippen molar-refractivity contribution >= 4 is 5.91 Å². The van der Waals surface area contributed by atoms with E-state index < -0.39 is 0 Å². The van der Waals surface area contributed by atoms with Crippen molar-refractivity contribution in [1.82, 2.24) is 19.8 Å². The van der Waals surface area contributed by atoms with Crippen LogP contribution in [-0.2, 0) is 17.8 Å². The lowest BCUT2D eigenvalue weighted by atomic mass is 10.1. The molecule has 1 aromatic heterocycles. The molecule has 0 radical (unpaired) electrons. The number of aromatic nitrogens is 2. The Morgan fingerprint density at radius 3 is 2.56 bits per heavy atom. The molecule has 1 saturated heterocycles. The number of nitrogens with one attached hydrogen (secondary N) is 1. The van der Waals surface area contributed by atoms with E-state index in [0.717, 1.165) is 74.0 Å². The van der Waals surface area contributed by atoms with E-state index in [2.05, 4.69) is 14.8 Å². The number of rotatable bonds is 4. The lowest BCUT2D eigenvalue weighted by Gasteiger charge is -2.28.